The van der Waals surface area contributed by atoms with Gasteiger partial charge in [0.25, 0.3) is 0 Å². The van der Waals surface area contributed by atoms with Gasteiger partial charge in [-0.3, -0.25) is 4.98 Å². The summed E-state index contributed by atoms with van der Waals surface area (Å²) in [7, 11) is 0. The van der Waals surface area contributed by atoms with E-state index in [1.807, 2.05) is 18.3 Å². The minimum atomic E-state index is -0.528. The average molecular weight is 203 g/mol. The summed E-state index contributed by atoms with van der Waals surface area (Å²) in [6, 6.07) is 7.47. The van der Waals surface area contributed by atoms with Crippen LogP contribution in [0.2, 0.25) is 0 Å². The van der Waals surface area contributed by atoms with Crippen molar-refractivity contribution in [3.63, 3.8) is 0 Å². The smallest absolute Gasteiger partial charge is 0.132 e. The first kappa shape index (κ1) is 9.93. The fraction of sp³-hybridized carbons (Fsp3) is 0.250. The third-order valence-corrected chi connectivity index (χ3v) is 2.30. The molecule has 0 spiro atoms. The molecule has 0 saturated heterocycles. The lowest BCUT2D eigenvalue weighted by atomic mass is 10.1. The molecule has 0 amide bonds. The predicted octanol–water partition coefficient (Wildman–Crippen LogP) is 2.34. The molecule has 2 aromatic heterocycles. The largest absolute Gasteiger partial charge is 0.467 e. The number of hydrogen-bond acceptors (Lipinski definition) is 3. The Hall–Kier alpha value is -1.61. The molecule has 0 aliphatic carbocycles. The highest BCUT2D eigenvalue weighted by molar-refractivity contribution is 5.09. The van der Waals surface area contributed by atoms with Crippen LogP contribution in [0.5, 0.6) is 0 Å². The summed E-state index contributed by atoms with van der Waals surface area (Å²) in [5.74, 6) is 0.624. The second kappa shape index (κ2) is 4.75. The van der Waals surface area contributed by atoms with E-state index in [2.05, 4.69) is 4.98 Å². The SMILES string of the molecule is OC(CCc1cccnc1)c1ccco1. The lowest BCUT2D eigenvalue weighted by Crippen LogP contribution is -1.98. The molecule has 78 valence electrons. The van der Waals surface area contributed by atoms with Crippen molar-refractivity contribution < 1.29 is 9.52 Å². The van der Waals surface area contributed by atoms with Gasteiger partial charge in [0.1, 0.15) is 11.9 Å². The number of aliphatic hydroxyl groups is 1. The van der Waals surface area contributed by atoms with Crippen molar-refractivity contribution >= 4 is 0 Å². The highest BCUT2D eigenvalue weighted by atomic mass is 16.4. The molecule has 3 nitrogen and oxygen atoms in total. The highest BCUT2D eigenvalue weighted by Crippen LogP contribution is 2.18. The monoisotopic (exact) mass is 203 g/mol. The normalized spacial score (nSPS) is 12.6. The van der Waals surface area contributed by atoms with E-state index in [0.29, 0.717) is 12.2 Å². The summed E-state index contributed by atoms with van der Waals surface area (Å²) in [5, 5.41) is 9.76. The summed E-state index contributed by atoms with van der Waals surface area (Å²) >= 11 is 0. The van der Waals surface area contributed by atoms with Crippen molar-refractivity contribution in [3.05, 3.63) is 54.2 Å². The maximum Gasteiger partial charge on any atom is 0.132 e. The number of aryl methyl sites for hydroxylation is 1. The van der Waals surface area contributed by atoms with E-state index in [1.165, 1.54) is 0 Å². The van der Waals surface area contributed by atoms with Crippen molar-refractivity contribution in [2.75, 3.05) is 0 Å². The van der Waals surface area contributed by atoms with Gasteiger partial charge in [0, 0.05) is 12.4 Å². The number of hydrogen-bond donors (Lipinski definition) is 1. The summed E-state index contributed by atoms with van der Waals surface area (Å²) in [6.45, 7) is 0. The minimum absolute atomic E-state index is 0.528. The third kappa shape index (κ3) is 2.67. The van der Waals surface area contributed by atoms with Gasteiger partial charge in [-0.2, -0.15) is 0 Å². The molecule has 1 unspecified atom stereocenters. The number of furan rings is 1. The zero-order chi connectivity index (χ0) is 10.5. The molecular weight excluding hydrogens is 190 g/mol. The van der Waals surface area contributed by atoms with Gasteiger partial charge in [-0.15, -0.1) is 0 Å². The molecule has 0 radical (unpaired) electrons. The van der Waals surface area contributed by atoms with Gasteiger partial charge in [0.15, 0.2) is 0 Å². The third-order valence-electron chi connectivity index (χ3n) is 2.30. The van der Waals surface area contributed by atoms with Gasteiger partial charge in [-0.25, -0.2) is 0 Å². The predicted molar refractivity (Wildman–Crippen MR) is 56.2 cm³/mol. The van der Waals surface area contributed by atoms with Crippen molar-refractivity contribution in [2.45, 2.75) is 18.9 Å². The Kier molecular flexibility index (Phi) is 3.15. The zero-order valence-electron chi connectivity index (χ0n) is 8.34. The Morgan fingerprint density at radius 1 is 1.33 bits per heavy atom. The lowest BCUT2D eigenvalue weighted by Gasteiger charge is -2.06. The van der Waals surface area contributed by atoms with E-state index in [9.17, 15) is 5.11 Å². The quantitative estimate of drug-likeness (QED) is 0.829. The van der Waals surface area contributed by atoms with Gasteiger partial charge >= 0.3 is 0 Å². The van der Waals surface area contributed by atoms with Crippen LogP contribution in [0.4, 0.5) is 0 Å². The van der Waals surface area contributed by atoms with Crippen LogP contribution < -0.4 is 0 Å². The van der Waals surface area contributed by atoms with Crippen molar-refractivity contribution in [1.29, 1.82) is 0 Å². The molecule has 3 heteroatoms. The zero-order valence-corrected chi connectivity index (χ0v) is 8.34. The Morgan fingerprint density at radius 3 is 2.93 bits per heavy atom. The van der Waals surface area contributed by atoms with E-state index in [-0.39, 0.29) is 0 Å². The molecule has 0 aliphatic rings. The fourth-order valence-corrected chi connectivity index (χ4v) is 1.47. The van der Waals surface area contributed by atoms with E-state index >= 15 is 0 Å². The number of aliphatic hydroxyl groups excluding tert-OH is 1. The Balaban J connectivity index is 1.89. The van der Waals surface area contributed by atoms with E-state index in [4.69, 9.17) is 4.42 Å². The van der Waals surface area contributed by atoms with Crippen molar-refractivity contribution in [2.24, 2.45) is 0 Å². The van der Waals surface area contributed by atoms with Crippen LogP contribution in [-0.2, 0) is 6.42 Å². The summed E-state index contributed by atoms with van der Waals surface area (Å²) in [5.41, 5.74) is 1.13. The highest BCUT2D eigenvalue weighted by Gasteiger charge is 2.09. The van der Waals surface area contributed by atoms with E-state index < -0.39 is 6.10 Å². The van der Waals surface area contributed by atoms with Gasteiger partial charge < -0.3 is 9.52 Å². The standard InChI is InChI=1S/C12H13NO2/c14-11(12-4-2-8-15-12)6-5-10-3-1-7-13-9-10/h1-4,7-9,11,14H,5-6H2. The Bertz CT molecular complexity index is 383. The first-order valence-corrected chi connectivity index (χ1v) is 4.96. The molecular formula is C12H13NO2. The Labute approximate surface area is 88.4 Å². The second-order valence-electron chi connectivity index (χ2n) is 3.43. The van der Waals surface area contributed by atoms with Gasteiger partial charge in [-0.05, 0) is 36.6 Å². The van der Waals surface area contributed by atoms with Gasteiger partial charge in [-0.1, -0.05) is 6.07 Å². The first-order chi connectivity index (χ1) is 7.36. The van der Waals surface area contributed by atoms with Gasteiger partial charge in [0.05, 0.1) is 6.26 Å². The van der Waals surface area contributed by atoms with Crippen LogP contribution in [0.3, 0.4) is 0 Å². The average Bonchev–Trinajstić information content (AvgIpc) is 2.81. The molecule has 1 atom stereocenters. The second-order valence-corrected chi connectivity index (χ2v) is 3.43. The first-order valence-electron chi connectivity index (χ1n) is 4.96. The molecule has 1 N–H and O–H groups in total. The van der Waals surface area contributed by atoms with E-state index in [0.717, 1.165) is 12.0 Å². The van der Waals surface area contributed by atoms with E-state index in [1.54, 1.807) is 24.6 Å². The van der Waals surface area contributed by atoms with Crippen LogP contribution in [0.15, 0.2) is 47.3 Å². The van der Waals surface area contributed by atoms with Gasteiger partial charge in [0.2, 0.25) is 0 Å². The van der Waals surface area contributed by atoms with Crippen LogP contribution >= 0.6 is 0 Å². The number of pyridine rings is 1. The molecule has 0 aliphatic heterocycles. The van der Waals surface area contributed by atoms with Crippen molar-refractivity contribution in [1.82, 2.24) is 4.98 Å². The Morgan fingerprint density at radius 2 is 2.27 bits per heavy atom. The number of rotatable bonds is 4. The minimum Gasteiger partial charge on any atom is -0.467 e. The molecule has 2 aromatic rings. The molecule has 15 heavy (non-hydrogen) atoms. The molecule has 0 bridgehead atoms. The lowest BCUT2D eigenvalue weighted by molar-refractivity contribution is 0.140. The maximum atomic E-state index is 9.76. The molecule has 0 fully saturated rings. The van der Waals surface area contributed by atoms with Crippen LogP contribution in [0.25, 0.3) is 0 Å². The van der Waals surface area contributed by atoms with Crippen LogP contribution in [-0.4, -0.2) is 10.1 Å². The maximum absolute atomic E-state index is 9.76. The van der Waals surface area contributed by atoms with Crippen molar-refractivity contribution in [3.8, 4) is 0 Å². The topological polar surface area (TPSA) is 46.3 Å². The number of aromatic nitrogens is 1. The van der Waals surface area contributed by atoms with Crippen LogP contribution in [0.1, 0.15) is 23.8 Å². The van der Waals surface area contributed by atoms with Crippen LogP contribution in [0, 0.1) is 0 Å². The molecule has 0 aromatic carbocycles. The summed E-state index contributed by atoms with van der Waals surface area (Å²) < 4.78 is 5.12. The summed E-state index contributed by atoms with van der Waals surface area (Å²) in [6.07, 6.45) is 6.05. The fourth-order valence-electron chi connectivity index (χ4n) is 1.47. The molecule has 2 rings (SSSR count). The molecule has 0 saturated carbocycles. The summed E-state index contributed by atoms with van der Waals surface area (Å²) in [4.78, 5) is 4.02. The number of nitrogens with zero attached hydrogens (tertiary/aromatic N) is 1. The molecule has 2 heterocycles.